The van der Waals surface area contributed by atoms with E-state index in [1.54, 1.807) is 24.3 Å². The molecule has 0 atom stereocenters. The Bertz CT molecular complexity index is 1030. The fourth-order valence-electron chi connectivity index (χ4n) is 3.16. The van der Waals surface area contributed by atoms with Crippen LogP contribution in [0.3, 0.4) is 0 Å². The summed E-state index contributed by atoms with van der Waals surface area (Å²) in [5.74, 6) is -0.937. The minimum absolute atomic E-state index is 0.0273. The Kier molecular flexibility index (Phi) is 6.73. The molecule has 3 rings (SSSR count). The molecule has 1 fully saturated rings. The SMILES string of the molecule is COC(=O)c1ccc(COC(=O)c2ccc(OC)c(S(=O)(=O)N3CCCC3)c2)cc1. The van der Waals surface area contributed by atoms with Crippen LogP contribution in [0.2, 0.25) is 0 Å². The Morgan fingerprint density at radius 3 is 2.17 bits per heavy atom. The van der Waals surface area contributed by atoms with E-state index in [0.29, 0.717) is 24.2 Å². The van der Waals surface area contributed by atoms with E-state index in [2.05, 4.69) is 4.74 Å². The van der Waals surface area contributed by atoms with Gasteiger partial charge in [-0.15, -0.1) is 0 Å². The molecule has 1 heterocycles. The highest BCUT2D eigenvalue weighted by Crippen LogP contribution is 2.30. The Morgan fingerprint density at radius 2 is 1.57 bits per heavy atom. The molecule has 0 aliphatic carbocycles. The minimum Gasteiger partial charge on any atom is -0.495 e. The van der Waals surface area contributed by atoms with Crippen molar-refractivity contribution in [1.82, 2.24) is 4.31 Å². The molecule has 0 bridgehead atoms. The molecule has 9 heteroatoms. The van der Waals surface area contributed by atoms with E-state index < -0.39 is 22.0 Å². The van der Waals surface area contributed by atoms with Crippen LogP contribution in [-0.4, -0.2) is 52.0 Å². The van der Waals surface area contributed by atoms with E-state index in [-0.39, 0.29) is 22.8 Å². The van der Waals surface area contributed by atoms with Crippen LogP contribution in [0.4, 0.5) is 0 Å². The Hall–Kier alpha value is -2.91. The first-order valence-electron chi connectivity index (χ1n) is 9.39. The van der Waals surface area contributed by atoms with Gasteiger partial charge in [-0.05, 0) is 48.7 Å². The largest absolute Gasteiger partial charge is 0.495 e. The molecule has 0 aromatic heterocycles. The molecule has 0 saturated carbocycles. The van der Waals surface area contributed by atoms with Gasteiger partial charge >= 0.3 is 11.9 Å². The van der Waals surface area contributed by atoms with E-state index in [1.165, 1.54) is 36.7 Å². The number of carbonyl (C=O) groups is 2. The van der Waals surface area contributed by atoms with E-state index in [1.807, 2.05) is 0 Å². The lowest BCUT2D eigenvalue weighted by molar-refractivity contribution is 0.0471. The zero-order chi connectivity index (χ0) is 21.7. The summed E-state index contributed by atoms with van der Waals surface area (Å²) in [5, 5.41) is 0. The topological polar surface area (TPSA) is 99.2 Å². The molecule has 2 aromatic rings. The zero-order valence-electron chi connectivity index (χ0n) is 16.8. The number of sulfonamides is 1. The molecule has 1 saturated heterocycles. The molecule has 0 radical (unpaired) electrons. The molecule has 1 aliphatic heterocycles. The molecular weight excluding hydrogens is 410 g/mol. The summed E-state index contributed by atoms with van der Waals surface area (Å²) in [7, 11) is -1.08. The number of esters is 2. The number of nitrogens with zero attached hydrogens (tertiary/aromatic N) is 1. The predicted molar refractivity (Wildman–Crippen MR) is 108 cm³/mol. The van der Waals surface area contributed by atoms with Crippen LogP contribution in [0.5, 0.6) is 5.75 Å². The first kappa shape index (κ1) is 21.8. The van der Waals surface area contributed by atoms with Gasteiger partial charge in [-0.2, -0.15) is 4.31 Å². The lowest BCUT2D eigenvalue weighted by Gasteiger charge is -2.18. The summed E-state index contributed by atoms with van der Waals surface area (Å²) in [6.45, 7) is 0.865. The number of benzene rings is 2. The summed E-state index contributed by atoms with van der Waals surface area (Å²) in [4.78, 5) is 23.9. The lowest BCUT2D eigenvalue weighted by atomic mass is 10.1. The Labute approximate surface area is 175 Å². The van der Waals surface area contributed by atoms with Crippen LogP contribution in [0.25, 0.3) is 0 Å². The van der Waals surface area contributed by atoms with Gasteiger partial charge in [-0.3, -0.25) is 0 Å². The third-order valence-electron chi connectivity index (χ3n) is 4.83. The highest BCUT2D eigenvalue weighted by Gasteiger charge is 2.30. The normalized spacial score (nSPS) is 14.3. The number of carbonyl (C=O) groups excluding carboxylic acids is 2. The maximum atomic E-state index is 12.9. The number of rotatable bonds is 7. The molecule has 0 N–H and O–H groups in total. The maximum absolute atomic E-state index is 12.9. The van der Waals surface area contributed by atoms with Crippen LogP contribution in [0, 0.1) is 0 Å². The molecule has 1 aliphatic rings. The number of ether oxygens (including phenoxy) is 3. The smallest absolute Gasteiger partial charge is 0.338 e. The zero-order valence-corrected chi connectivity index (χ0v) is 17.6. The van der Waals surface area contributed by atoms with Crippen molar-refractivity contribution in [3.8, 4) is 5.75 Å². The monoisotopic (exact) mass is 433 g/mol. The van der Waals surface area contributed by atoms with Gasteiger partial charge < -0.3 is 14.2 Å². The highest BCUT2D eigenvalue weighted by atomic mass is 32.2. The van der Waals surface area contributed by atoms with Gasteiger partial charge in [-0.1, -0.05) is 12.1 Å². The van der Waals surface area contributed by atoms with E-state index in [0.717, 1.165) is 12.8 Å². The average Bonchev–Trinajstić information content (AvgIpc) is 3.32. The van der Waals surface area contributed by atoms with Gasteiger partial charge in [-0.25, -0.2) is 18.0 Å². The molecule has 8 nitrogen and oxygen atoms in total. The summed E-state index contributed by atoms with van der Waals surface area (Å²) in [6, 6.07) is 10.6. The second-order valence-corrected chi connectivity index (χ2v) is 8.65. The lowest BCUT2D eigenvalue weighted by Crippen LogP contribution is -2.28. The van der Waals surface area contributed by atoms with E-state index in [9.17, 15) is 18.0 Å². The third-order valence-corrected chi connectivity index (χ3v) is 6.75. The van der Waals surface area contributed by atoms with Crippen molar-refractivity contribution in [2.75, 3.05) is 27.3 Å². The van der Waals surface area contributed by atoms with Crippen LogP contribution < -0.4 is 4.74 Å². The van der Waals surface area contributed by atoms with Gasteiger partial charge in [0, 0.05) is 13.1 Å². The van der Waals surface area contributed by atoms with Crippen LogP contribution >= 0.6 is 0 Å². The minimum atomic E-state index is -3.76. The number of methoxy groups -OCH3 is 2. The molecule has 30 heavy (non-hydrogen) atoms. The van der Waals surface area contributed by atoms with Crippen molar-refractivity contribution < 1.29 is 32.2 Å². The molecule has 2 aromatic carbocycles. The third kappa shape index (κ3) is 4.63. The van der Waals surface area contributed by atoms with E-state index >= 15 is 0 Å². The highest BCUT2D eigenvalue weighted by molar-refractivity contribution is 7.89. The molecule has 0 unspecified atom stereocenters. The summed E-state index contributed by atoms with van der Waals surface area (Å²) >= 11 is 0. The van der Waals surface area contributed by atoms with Gasteiger partial charge in [0.2, 0.25) is 10.0 Å². The van der Waals surface area contributed by atoms with Gasteiger partial charge in [0.1, 0.15) is 17.3 Å². The Morgan fingerprint density at radius 1 is 0.933 bits per heavy atom. The second-order valence-electron chi connectivity index (χ2n) is 6.74. The average molecular weight is 433 g/mol. The second kappa shape index (κ2) is 9.27. The van der Waals surface area contributed by atoms with Crippen molar-refractivity contribution >= 4 is 22.0 Å². The molecule has 0 amide bonds. The predicted octanol–water partition coefficient (Wildman–Crippen LogP) is 2.62. The maximum Gasteiger partial charge on any atom is 0.338 e. The molecule has 0 spiro atoms. The molecule has 160 valence electrons. The summed E-state index contributed by atoms with van der Waals surface area (Å²) in [6.07, 6.45) is 1.61. The standard InChI is InChI=1S/C21H23NO7S/c1-27-18-10-9-17(13-19(18)30(25,26)22-11-3-4-12-22)21(24)29-14-15-5-7-16(8-6-15)20(23)28-2/h5-10,13H,3-4,11-12,14H2,1-2H3. The van der Waals surface area contributed by atoms with Gasteiger partial charge in [0.15, 0.2) is 0 Å². The summed E-state index contributed by atoms with van der Waals surface area (Å²) < 4.78 is 42.4. The number of hydrogen-bond acceptors (Lipinski definition) is 7. The van der Waals surface area contributed by atoms with Crippen molar-refractivity contribution in [2.24, 2.45) is 0 Å². The van der Waals surface area contributed by atoms with E-state index in [4.69, 9.17) is 9.47 Å². The summed E-state index contributed by atoms with van der Waals surface area (Å²) in [5.41, 5.74) is 1.17. The first-order chi connectivity index (χ1) is 14.4. The van der Waals surface area contributed by atoms with Gasteiger partial charge in [0.25, 0.3) is 0 Å². The molecular formula is C21H23NO7S. The van der Waals surface area contributed by atoms with Crippen molar-refractivity contribution in [3.05, 3.63) is 59.2 Å². The first-order valence-corrected chi connectivity index (χ1v) is 10.8. The fourth-order valence-corrected chi connectivity index (χ4v) is 4.86. The van der Waals surface area contributed by atoms with Gasteiger partial charge in [0.05, 0.1) is 25.3 Å². The van der Waals surface area contributed by atoms with Crippen molar-refractivity contribution in [1.29, 1.82) is 0 Å². The van der Waals surface area contributed by atoms with Crippen LogP contribution in [0.15, 0.2) is 47.4 Å². The van der Waals surface area contributed by atoms with Crippen molar-refractivity contribution in [2.45, 2.75) is 24.3 Å². The Balaban J connectivity index is 1.75. The number of hydrogen-bond donors (Lipinski definition) is 0. The van der Waals surface area contributed by atoms with Crippen LogP contribution in [-0.2, 0) is 26.1 Å². The quantitative estimate of drug-likeness (QED) is 0.619. The fraction of sp³-hybridized carbons (Fsp3) is 0.333. The van der Waals surface area contributed by atoms with Crippen molar-refractivity contribution in [3.63, 3.8) is 0 Å². The van der Waals surface area contributed by atoms with Crippen LogP contribution in [0.1, 0.15) is 39.1 Å².